The molecule has 0 aliphatic carbocycles. The molecular weight excluding hydrogens is 304 g/mol. The smallest absolute Gasteiger partial charge is 0.0352 e. The van der Waals surface area contributed by atoms with Gasteiger partial charge in [0.15, 0.2) is 0 Å². The second-order valence-electron chi connectivity index (χ2n) is 7.56. The van der Waals surface area contributed by atoms with Crippen molar-refractivity contribution in [2.45, 2.75) is 76.7 Å². The molecule has 0 radical (unpaired) electrons. The molecule has 1 aromatic rings. The molecule has 4 atom stereocenters. The van der Waals surface area contributed by atoms with Crippen LogP contribution in [0.1, 0.15) is 78.4 Å². The van der Waals surface area contributed by atoms with Gasteiger partial charge in [0.2, 0.25) is 0 Å². The summed E-state index contributed by atoms with van der Waals surface area (Å²) in [6.07, 6.45) is 4.61. The summed E-state index contributed by atoms with van der Waals surface area (Å²) in [7, 11) is 0. The van der Waals surface area contributed by atoms with Gasteiger partial charge >= 0.3 is 0 Å². The third kappa shape index (κ3) is 5.53. The summed E-state index contributed by atoms with van der Waals surface area (Å²) in [6, 6.07) is 8.92. The Morgan fingerprint density at radius 1 is 0.864 bits per heavy atom. The summed E-state index contributed by atoms with van der Waals surface area (Å²) >= 11 is 9.95. The molecule has 1 aromatic carbocycles. The van der Waals surface area contributed by atoms with Gasteiger partial charge in [-0.1, -0.05) is 64.8 Å². The van der Waals surface area contributed by atoms with Crippen LogP contribution in [0.15, 0.2) is 24.3 Å². The molecule has 0 bridgehead atoms. The van der Waals surface area contributed by atoms with Gasteiger partial charge in [0.1, 0.15) is 0 Å². The van der Waals surface area contributed by atoms with Crippen LogP contribution in [0, 0.1) is 11.8 Å². The molecule has 22 heavy (non-hydrogen) atoms. The van der Waals surface area contributed by atoms with E-state index in [2.05, 4.69) is 65.8 Å². The van der Waals surface area contributed by atoms with E-state index in [1.807, 2.05) is 0 Å². The predicted molar refractivity (Wildman–Crippen MR) is 107 cm³/mol. The zero-order chi connectivity index (χ0) is 17.0. The van der Waals surface area contributed by atoms with Crippen LogP contribution < -0.4 is 0 Å². The van der Waals surface area contributed by atoms with Crippen LogP contribution in [0.25, 0.3) is 0 Å². The lowest BCUT2D eigenvalue weighted by Gasteiger charge is -2.31. The molecule has 0 heterocycles. The lowest BCUT2D eigenvalue weighted by Crippen LogP contribution is -2.21. The Morgan fingerprint density at radius 2 is 1.23 bits per heavy atom. The molecule has 0 saturated heterocycles. The predicted octanol–water partition coefficient (Wildman–Crippen LogP) is 6.85. The Balaban J connectivity index is 3.03. The Kier molecular flexibility index (Phi) is 7.39. The standard InChI is InChI=1S/C20H34S2/c1-7-15(3)13-19(5,21)17-10-9-11-18(12-17)20(6,22)14-16(4)8-2/h9-12,15-16,21-22H,7-8,13-14H2,1-6H3. The first kappa shape index (κ1) is 20.0. The van der Waals surface area contributed by atoms with Crippen LogP contribution in [0.2, 0.25) is 0 Å². The SMILES string of the molecule is CCC(C)CC(C)(S)c1cccc(C(C)(S)CC(C)CC)c1. The minimum absolute atomic E-state index is 0.0777. The summed E-state index contributed by atoms with van der Waals surface area (Å²) in [5.74, 6) is 1.38. The first-order chi connectivity index (χ1) is 10.1. The van der Waals surface area contributed by atoms with Crippen LogP contribution in [0.5, 0.6) is 0 Å². The quantitative estimate of drug-likeness (QED) is 0.476. The van der Waals surface area contributed by atoms with Gasteiger partial charge in [-0.3, -0.25) is 0 Å². The van der Waals surface area contributed by atoms with Gasteiger partial charge in [-0.2, -0.15) is 25.3 Å². The molecule has 0 N–H and O–H groups in total. The van der Waals surface area contributed by atoms with Gasteiger partial charge in [-0.05, 0) is 49.7 Å². The molecule has 0 aromatic heterocycles. The second kappa shape index (κ2) is 8.15. The van der Waals surface area contributed by atoms with E-state index in [-0.39, 0.29) is 9.49 Å². The number of hydrogen-bond acceptors (Lipinski definition) is 2. The van der Waals surface area contributed by atoms with E-state index in [0.717, 1.165) is 12.8 Å². The van der Waals surface area contributed by atoms with Gasteiger partial charge in [-0.15, -0.1) is 0 Å². The molecular formula is C20H34S2. The van der Waals surface area contributed by atoms with Crippen LogP contribution in [0.4, 0.5) is 0 Å². The first-order valence-corrected chi connectivity index (χ1v) is 9.57. The van der Waals surface area contributed by atoms with Crippen molar-refractivity contribution in [2.75, 3.05) is 0 Å². The number of thiol groups is 2. The maximum Gasteiger partial charge on any atom is 0.0352 e. The van der Waals surface area contributed by atoms with Crippen LogP contribution >= 0.6 is 25.3 Å². The first-order valence-electron chi connectivity index (χ1n) is 8.68. The fraction of sp³-hybridized carbons (Fsp3) is 0.700. The van der Waals surface area contributed by atoms with Crippen molar-refractivity contribution in [1.82, 2.24) is 0 Å². The maximum atomic E-state index is 4.98. The second-order valence-corrected chi connectivity index (χ2v) is 9.54. The third-order valence-corrected chi connectivity index (χ3v) is 5.87. The summed E-state index contributed by atoms with van der Waals surface area (Å²) in [6.45, 7) is 13.6. The summed E-state index contributed by atoms with van der Waals surface area (Å²) in [5.41, 5.74) is 2.64. The molecule has 126 valence electrons. The van der Waals surface area contributed by atoms with E-state index < -0.39 is 0 Å². The maximum absolute atomic E-state index is 4.98. The fourth-order valence-electron chi connectivity index (χ4n) is 3.07. The lowest BCUT2D eigenvalue weighted by molar-refractivity contribution is 0.441. The van der Waals surface area contributed by atoms with Gasteiger partial charge in [0.05, 0.1) is 0 Å². The van der Waals surface area contributed by atoms with Gasteiger partial charge in [-0.25, -0.2) is 0 Å². The van der Waals surface area contributed by atoms with E-state index in [4.69, 9.17) is 25.3 Å². The zero-order valence-electron chi connectivity index (χ0n) is 15.2. The van der Waals surface area contributed by atoms with Crippen LogP contribution in [-0.2, 0) is 9.49 Å². The number of benzene rings is 1. The highest BCUT2D eigenvalue weighted by Gasteiger charge is 2.28. The van der Waals surface area contributed by atoms with E-state index in [1.54, 1.807) is 0 Å². The summed E-state index contributed by atoms with van der Waals surface area (Å²) < 4.78 is -0.155. The molecule has 0 aliphatic heterocycles. The largest absolute Gasteiger partial charge is 0.168 e. The molecule has 0 fully saturated rings. The fourth-order valence-corrected chi connectivity index (χ4v) is 3.97. The van der Waals surface area contributed by atoms with Crippen molar-refractivity contribution in [2.24, 2.45) is 11.8 Å². The van der Waals surface area contributed by atoms with Crippen LogP contribution in [0.3, 0.4) is 0 Å². The average Bonchev–Trinajstić information content (AvgIpc) is 2.46. The number of rotatable bonds is 8. The molecule has 0 amide bonds. The molecule has 4 unspecified atom stereocenters. The molecule has 0 nitrogen and oxygen atoms in total. The van der Waals surface area contributed by atoms with Crippen molar-refractivity contribution < 1.29 is 0 Å². The van der Waals surface area contributed by atoms with E-state index in [1.165, 1.54) is 24.0 Å². The molecule has 1 rings (SSSR count). The van der Waals surface area contributed by atoms with Gasteiger partial charge < -0.3 is 0 Å². The monoisotopic (exact) mass is 338 g/mol. The highest BCUT2D eigenvalue weighted by atomic mass is 32.1. The topological polar surface area (TPSA) is 0 Å². The van der Waals surface area contributed by atoms with Crippen molar-refractivity contribution >= 4 is 25.3 Å². The van der Waals surface area contributed by atoms with Gasteiger partial charge in [0, 0.05) is 9.49 Å². The summed E-state index contributed by atoms with van der Waals surface area (Å²) in [4.78, 5) is 0. The Hall–Kier alpha value is -0.0800. The zero-order valence-corrected chi connectivity index (χ0v) is 17.0. The highest BCUT2D eigenvalue weighted by Crippen LogP contribution is 2.40. The normalized spacial score (nSPS) is 20.0. The Morgan fingerprint density at radius 3 is 1.55 bits per heavy atom. The van der Waals surface area contributed by atoms with Crippen molar-refractivity contribution in [1.29, 1.82) is 0 Å². The van der Waals surface area contributed by atoms with E-state index in [0.29, 0.717) is 11.8 Å². The molecule has 0 spiro atoms. The lowest BCUT2D eigenvalue weighted by atomic mass is 9.84. The minimum Gasteiger partial charge on any atom is -0.168 e. The van der Waals surface area contributed by atoms with Gasteiger partial charge in [0.25, 0.3) is 0 Å². The van der Waals surface area contributed by atoms with E-state index >= 15 is 0 Å². The number of hydrogen-bond donors (Lipinski definition) is 2. The minimum atomic E-state index is -0.0777. The molecule has 2 heteroatoms. The third-order valence-electron chi connectivity index (χ3n) is 4.99. The molecule has 0 aliphatic rings. The Labute approximate surface area is 149 Å². The Bertz CT molecular complexity index is 423. The van der Waals surface area contributed by atoms with Crippen molar-refractivity contribution in [3.8, 4) is 0 Å². The van der Waals surface area contributed by atoms with Crippen molar-refractivity contribution in [3.63, 3.8) is 0 Å². The van der Waals surface area contributed by atoms with E-state index in [9.17, 15) is 0 Å². The van der Waals surface area contributed by atoms with Crippen molar-refractivity contribution in [3.05, 3.63) is 35.4 Å². The molecule has 0 saturated carbocycles. The van der Waals surface area contributed by atoms with Crippen LogP contribution in [-0.4, -0.2) is 0 Å². The summed E-state index contributed by atoms with van der Waals surface area (Å²) in [5, 5.41) is 0. The average molecular weight is 339 g/mol. The highest BCUT2D eigenvalue weighted by molar-refractivity contribution is 7.81.